The van der Waals surface area contributed by atoms with Crippen molar-refractivity contribution in [3.8, 4) is 0 Å². The Balaban J connectivity index is 1.90. The van der Waals surface area contributed by atoms with Crippen molar-refractivity contribution >= 4 is 15.9 Å². The maximum Gasteiger partial charge on any atom is 0.0472 e. The minimum Gasteiger partial charge on any atom is -0.381 e. The molecule has 2 fully saturated rings. The third kappa shape index (κ3) is 3.43. The molecule has 2 aliphatic rings. The van der Waals surface area contributed by atoms with Crippen LogP contribution >= 0.6 is 15.9 Å². The van der Waals surface area contributed by atoms with Crippen LogP contribution in [-0.2, 0) is 4.74 Å². The van der Waals surface area contributed by atoms with Crippen molar-refractivity contribution in [2.45, 2.75) is 25.8 Å². The van der Waals surface area contributed by atoms with E-state index in [1.807, 2.05) is 0 Å². The smallest absolute Gasteiger partial charge is 0.0472 e. The van der Waals surface area contributed by atoms with E-state index in [0.29, 0.717) is 11.5 Å². The number of halogens is 1. The Labute approximate surface area is 114 Å². The standard InChI is InChI=1S/C13H25BrN2O/c1-12-9-16(6-5-15(12)2)11-13(10-14)3-7-17-8-4-13/h12H,3-11H2,1-2H3. The summed E-state index contributed by atoms with van der Waals surface area (Å²) in [4.78, 5) is 5.11. The van der Waals surface area contributed by atoms with Crippen LogP contribution in [0.2, 0.25) is 0 Å². The van der Waals surface area contributed by atoms with Gasteiger partial charge in [0.15, 0.2) is 0 Å². The average Bonchev–Trinajstić information content (AvgIpc) is 2.35. The molecule has 2 rings (SSSR count). The molecule has 4 heteroatoms. The molecular weight excluding hydrogens is 280 g/mol. The van der Waals surface area contributed by atoms with Gasteiger partial charge in [0.1, 0.15) is 0 Å². The zero-order chi connectivity index (χ0) is 12.3. The normalized spacial score (nSPS) is 31.6. The molecule has 1 atom stereocenters. The second kappa shape index (κ2) is 6.00. The molecule has 0 aromatic rings. The van der Waals surface area contributed by atoms with Gasteiger partial charge in [-0.25, -0.2) is 0 Å². The number of hydrogen-bond acceptors (Lipinski definition) is 3. The van der Waals surface area contributed by atoms with Gasteiger partial charge >= 0.3 is 0 Å². The first kappa shape index (κ1) is 13.8. The van der Waals surface area contributed by atoms with Crippen LogP contribution in [0, 0.1) is 5.41 Å². The Morgan fingerprint density at radius 1 is 1.29 bits per heavy atom. The molecule has 2 heterocycles. The minimum atomic E-state index is 0.452. The summed E-state index contributed by atoms with van der Waals surface area (Å²) in [6.07, 6.45) is 2.41. The number of hydrogen-bond donors (Lipinski definition) is 0. The van der Waals surface area contributed by atoms with Gasteiger partial charge in [-0.1, -0.05) is 15.9 Å². The van der Waals surface area contributed by atoms with E-state index < -0.39 is 0 Å². The van der Waals surface area contributed by atoms with E-state index in [2.05, 4.69) is 39.7 Å². The Bertz CT molecular complexity index is 244. The highest BCUT2D eigenvalue weighted by Gasteiger charge is 2.34. The van der Waals surface area contributed by atoms with E-state index in [1.165, 1.54) is 39.0 Å². The maximum atomic E-state index is 5.51. The summed E-state index contributed by atoms with van der Waals surface area (Å²) in [6, 6.07) is 0.691. The number of alkyl halides is 1. The average molecular weight is 305 g/mol. The van der Waals surface area contributed by atoms with Crippen molar-refractivity contribution in [2.24, 2.45) is 5.41 Å². The maximum absolute atomic E-state index is 5.51. The van der Waals surface area contributed by atoms with Crippen LogP contribution in [0.3, 0.4) is 0 Å². The molecule has 0 N–H and O–H groups in total. The summed E-state index contributed by atoms with van der Waals surface area (Å²) in [5.74, 6) is 0. The van der Waals surface area contributed by atoms with Crippen LogP contribution < -0.4 is 0 Å². The molecule has 0 bridgehead atoms. The van der Waals surface area contributed by atoms with Crippen molar-refractivity contribution in [3.05, 3.63) is 0 Å². The van der Waals surface area contributed by atoms with Crippen LogP contribution in [0.1, 0.15) is 19.8 Å². The summed E-state index contributed by atoms with van der Waals surface area (Å²) in [7, 11) is 2.23. The zero-order valence-corrected chi connectivity index (χ0v) is 12.7. The van der Waals surface area contributed by atoms with Crippen molar-refractivity contribution in [3.63, 3.8) is 0 Å². The summed E-state index contributed by atoms with van der Waals surface area (Å²) < 4.78 is 5.51. The highest BCUT2D eigenvalue weighted by atomic mass is 79.9. The van der Waals surface area contributed by atoms with Gasteiger partial charge in [-0.05, 0) is 32.2 Å². The molecule has 2 saturated heterocycles. The van der Waals surface area contributed by atoms with E-state index >= 15 is 0 Å². The van der Waals surface area contributed by atoms with E-state index in [-0.39, 0.29) is 0 Å². The van der Waals surface area contributed by atoms with E-state index in [9.17, 15) is 0 Å². The summed E-state index contributed by atoms with van der Waals surface area (Å²) in [6.45, 7) is 9.08. The molecule has 0 spiro atoms. The Morgan fingerprint density at radius 3 is 2.59 bits per heavy atom. The molecule has 0 aromatic heterocycles. The van der Waals surface area contributed by atoms with Gasteiger partial charge in [0.05, 0.1) is 0 Å². The van der Waals surface area contributed by atoms with Gasteiger partial charge in [0.2, 0.25) is 0 Å². The third-order valence-electron chi connectivity index (χ3n) is 4.44. The number of ether oxygens (including phenoxy) is 1. The third-order valence-corrected chi connectivity index (χ3v) is 5.63. The molecule has 0 saturated carbocycles. The topological polar surface area (TPSA) is 15.7 Å². The molecule has 3 nitrogen and oxygen atoms in total. The Kier molecular flexibility index (Phi) is 4.87. The first-order valence-corrected chi connectivity index (χ1v) is 7.84. The zero-order valence-electron chi connectivity index (χ0n) is 11.1. The highest BCUT2D eigenvalue weighted by Crippen LogP contribution is 2.33. The van der Waals surface area contributed by atoms with Crippen molar-refractivity contribution in [2.75, 3.05) is 51.8 Å². The first-order chi connectivity index (χ1) is 8.15. The lowest BCUT2D eigenvalue weighted by Crippen LogP contribution is -2.53. The summed E-state index contributed by atoms with van der Waals surface area (Å²) in [5.41, 5.74) is 0.452. The monoisotopic (exact) mass is 304 g/mol. The van der Waals surface area contributed by atoms with Gasteiger partial charge in [0, 0.05) is 50.8 Å². The quantitative estimate of drug-likeness (QED) is 0.740. The fourth-order valence-corrected chi connectivity index (χ4v) is 3.62. The summed E-state index contributed by atoms with van der Waals surface area (Å²) >= 11 is 3.73. The summed E-state index contributed by atoms with van der Waals surface area (Å²) in [5, 5.41) is 1.12. The van der Waals surface area contributed by atoms with Crippen LogP contribution in [0.15, 0.2) is 0 Å². The minimum absolute atomic E-state index is 0.452. The molecule has 100 valence electrons. The van der Waals surface area contributed by atoms with E-state index in [4.69, 9.17) is 4.74 Å². The van der Waals surface area contributed by atoms with Gasteiger partial charge in [-0.3, -0.25) is 4.90 Å². The molecule has 0 aromatic carbocycles. The number of piperazine rings is 1. The first-order valence-electron chi connectivity index (χ1n) is 6.71. The van der Waals surface area contributed by atoms with Crippen LogP contribution in [0.5, 0.6) is 0 Å². The molecule has 0 aliphatic carbocycles. The lowest BCUT2D eigenvalue weighted by molar-refractivity contribution is -0.00503. The Hall–Kier alpha value is 0.360. The van der Waals surface area contributed by atoms with Crippen molar-refractivity contribution in [1.82, 2.24) is 9.80 Å². The molecular formula is C13H25BrN2O. The van der Waals surface area contributed by atoms with Crippen LogP contribution in [0.4, 0.5) is 0 Å². The molecule has 2 aliphatic heterocycles. The lowest BCUT2D eigenvalue weighted by atomic mass is 9.81. The highest BCUT2D eigenvalue weighted by molar-refractivity contribution is 9.09. The molecule has 0 amide bonds. The second-order valence-electron chi connectivity index (χ2n) is 5.81. The van der Waals surface area contributed by atoms with Crippen LogP contribution in [0.25, 0.3) is 0 Å². The van der Waals surface area contributed by atoms with Crippen LogP contribution in [-0.4, -0.2) is 67.6 Å². The lowest BCUT2D eigenvalue weighted by Gasteiger charge is -2.44. The Morgan fingerprint density at radius 2 is 2.00 bits per heavy atom. The molecule has 1 unspecified atom stereocenters. The number of rotatable bonds is 3. The van der Waals surface area contributed by atoms with E-state index in [1.54, 1.807) is 0 Å². The van der Waals surface area contributed by atoms with Gasteiger partial charge in [-0.15, -0.1) is 0 Å². The number of nitrogens with zero attached hydrogens (tertiary/aromatic N) is 2. The number of likely N-dealkylation sites (N-methyl/N-ethyl adjacent to an activating group) is 1. The van der Waals surface area contributed by atoms with Crippen molar-refractivity contribution < 1.29 is 4.74 Å². The second-order valence-corrected chi connectivity index (χ2v) is 6.37. The predicted molar refractivity (Wildman–Crippen MR) is 74.8 cm³/mol. The fourth-order valence-electron chi connectivity index (χ4n) is 2.88. The van der Waals surface area contributed by atoms with Gasteiger partial charge < -0.3 is 9.64 Å². The van der Waals surface area contributed by atoms with Gasteiger partial charge in [-0.2, -0.15) is 0 Å². The fraction of sp³-hybridized carbons (Fsp3) is 1.00. The molecule has 0 radical (unpaired) electrons. The van der Waals surface area contributed by atoms with E-state index in [0.717, 1.165) is 18.5 Å². The predicted octanol–water partition coefficient (Wildman–Crippen LogP) is 1.81. The van der Waals surface area contributed by atoms with Gasteiger partial charge in [0.25, 0.3) is 0 Å². The SMILES string of the molecule is CC1CN(CC2(CBr)CCOCC2)CCN1C. The van der Waals surface area contributed by atoms with Crippen molar-refractivity contribution in [1.29, 1.82) is 0 Å². The largest absolute Gasteiger partial charge is 0.381 e. The molecule has 17 heavy (non-hydrogen) atoms.